The molecule has 0 radical (unpaired) electrons. The predicted molar refractivity (Wildman–Crippen MR) is 77.3 cm³/mol. The molecule has 1 fully saturated rings. The minimum Gasteiger partial charge on any atom is -0.494 e. The Balaban J connectivity index is 2.06. The van der Waals surface area contributed by atoms with Gasteiger partial charge in [0.15, 0.2) is 11.6 Å². The van der Waals surface area contributed by atoms with Gasteiger partial charge >= 0.3 is 0 Å². The van der Waals surface area contributed by atoms with Gasteiger partial charge < -0.3 is 9.84 Å². The molecule has 1 aliphatic rings. The largest absolute Gasteiger partial charge is 0.494 e. The number of aliphatic hydroxyl groups is 1. The Kier molecular flexibility index (Phi) is 4.07. The molecular formula is C16H24FNO2. The van der Waals surface area contributed by atoms with Crippen LogP contribution in [-0.4, -0.2) is 35.8 Å². The molecule has 1 aromatic rings. The Morgan fingerprint density at radius 1 is 1.35 bits per heavy atom. The highest BCUT2D eigenvalue weighted by atomic mass is 19.1. The van der Waals surface area contributed by atoms with Crippen LogP contribution < -0.4 is 4.74 Å². The van der Waals surface area contributed by atoms with Crippen molar-refractivity contribution >= 4 is 0 Å². The third-order valence-corrected chi connectivity index (χ3v) is 4.61. The highest BCUT2D eigenvalue weighted by Crippen LogP contribution is 2.38. The zero-order chi connectivity index (χ0) is 15.0. The monoisotopic (exact) mass is 281 g/mol. The summed E-state index contributed by atoms with van der Waals surface area (Å²) in [5.41, 5.74) is 0.117. The number of benzene rings is 1. The Morgan fingerprint density at radius 2 is 2.05 bits per heavy atom. The summed E-state index contributed by atoms with van der Waals surface area (Å²) in [5, 5.41) is 10.4. The number of hydrogen-bond acceptors (Lipinski definition) is 3. The lowest BCUT2D eigenvalue weighted by molar-refractivity contribution is -0.107. The van der Waals surface area contributed by atoms with Crippen molar-refractivity contribution in [2.75, 3.05) is 20.2 Å². The fraction of sp³-hybridized carbons (Fsp3) is 0.625. The maximum absolute atomic E-state index is 13.7. The van der Waals surface area contributed by atoms with Gasteiger partial charge in [0.05, 0.1) is 12.7 Å². The number of ether oxygens (including phenoxy) is 1. The second kappa shape index (κ2) is 5.34. The first-order chi connectivity index (χ1) is 9.25. The van der Waals surface area contributed by atoms with E-state index in [0.717, 1.165) is 25.1 Å². The van der Waals surface area contributed by atoms with Gasteiger partial charge in [0.1, 0.15) is 0 Å². The van der Waals surface area contributed by atoms with E-state index >= 15 is 0 Å². The lowest BCUT2D eigenvalue weighted by atomic mass is 9.71. The van der Waals surface area contributed by atoms with Crippen LogP contribution in [0, 0.1) is 11.2 Å². The summed E-state index contributed by atoms with van der Waals surface area (Å²) < 4.78 is 18.6. The van der Waals surface area contributed by atoms with Crippen molar-refractivity contribution in [2.24, 2.45) is 5.41 Å². The van der Waals surface area contributed by atoms with Crippen LogP contribution in [0.3, 0.4) is 0 Å². The van der Waals surface area contributed by atoms with Gasteiger partial charge in [0, 0.05) is 25.0 Å². The second-order valence-electron chi connectivity index (χ2n) is 6.59. The van der Waals surface area contributed by atoms with Crippen molar-refractivity contribution < 1.29 is 14.2 Å². The summed E-state index contributed by atoms with van der Waals surface area (Å²) in [6.07, 6.45) is 0.735. The van der Waals surface area contributed by atoms with Gasteiger partial charge in [0.25, 0.3) is 0 Å². The predicted octanol–water partition coefficient (Wildman–Crippen LogP) is 2.82. The maximum Gasteiger partial charge on any atom is 0.165 e. The summed E-state index contributed by atoms with van der Waals surface area (Å²) in [6.45, 7) is 8.37. The van der Waals surface area contributed by atoms with Gasteiger partial charge in [-0.15, -0.1) is 0 Å². The molecule has 0 saturated carbocycles. The normalized spacial score (nSPS) is 26.5. The van der Waals surface area contributed by atoms with E-state index in [4.69, 9.17) is 4.74 Å². The number of rotatable bonds is 3. The van der Waals surface area contributed by atoms with E-state index in [2.05, 4.69) is 18.7 Å². The molecule has 0 unspecified atom stereocenters. The van der Waals surface area contributed by atoms with Crippen LogP contribution in [0.5, 0.6) is 5.75 Å². The van der Waals surface area contributed by atoms with E-state index < -0.39 is 5.60 Å². The van der Waals surface area contributed by atoms with E-state index in [-0.39, 0.29) is 17.0 Å². The number of piperidine rings is 1. The highest BCUT2D eigenvalue weighted by molar-refractivity contribution is 5.29. The average molecular weight is 281 g/mol. The molecule has 20 heavy (non-hydrogen) atoms. The lowest BCUT2D eigenvalue weighted by Gasteiger charge is -2.48. The van der Waals surface area contributed by atoms with E-state index in [0.29, 0.717) is 6.54 Å². The first-order valence-electron chi connectivity index (χ1n) is 7.02. The molecule has 2 rings (SSSR count). The first-order valence-corrected chi connectivity index (χ1v) is 7.02. The van der Waals surface area contributed by atoms with Gasteiger partial charge in [-0.05, 0) is 31.0 Å². The Bertz CT molecular complexity index is 485. The van der Waals surface area contributed by atoms with Crippen molar-refractivity contribution in [3.63, 3.8) is 0 Å². The van der Waals surface area contributed by atoms with Gasteiger partial charge in [-0.3, -0.25) is 4.90 Å². The van der Waals surface area contributed by atoms with Crippen LogP contribution in [0.1, 0.15) is 32.8 Å². The molecule has 0 spiro atoms. The first kappa shape index (κ1) is 15.3. The van der Waals surface area contributed by atoms with Gasteiger partial charge in [-0.1, -0.05) is 19.9 Å². The fourth-order valence-corrected chi connectivity index (χ4v) is 2.72. The van der Waals surface area contributed by atoms with Gasteiger partial charge in [0.2, 0.25) is 0 Å². The number of methoxy groups -OCH3 is 1. The van der Waals surface area contributed by atoms with Crippen molar-refractivity contribution in [3.8, 4) is 5.75 Å². The van der Waals surface area contributed by atoms with Gasteiger partial charge in [-0.25, -0.2) is 4.39 Å². The van der Waals surface area contributed by atoms with E-state index in [1.54, 1.807) is 6.07 Å². The SMILES string of the molecule is COc1ccc(CN2CC[C@@](C)(O)C(C)(C)C2)cc1F. The summed E-state index contributed by atoms with van der Waals surface area (Å²) in [6, 6.07) is 5.08. The van der Waals surface area contributed by atoms with Crippen molar-refractivity contribution in [1.29, 1.82) is 0 Å². The van der Waals surface area contributed by atoms with Crippen molar-refractivity contribution in [2.45, 2.75) is 39.3 Å². The molecular weight excluding hydrogens is 257 g/mol. The highest BCUT2D eigenvalue weighted by Gasteiger charge is 2.43. The van der Waals surface area contributed by atoms with Crippen LogP contribution in [-0.2, 0) is 6.54 Å². The molecule has 4 heteroatoms. The van der Waals surface area contributed by atoms with E-state index in [9.17, 15) is 9.50 Å². The molecule has 1 atom stereocenters. The van der Waals surface area contributed by atoms with Crippen LogP contribution in [0.15, 0.2) is 18.2 Å². The lowest BCUT2D eigenvalue weighted by Crippen LogP contribution is -2.55. The Labute approximate surface area is 120 Å². The van der Waals surface area contributed by atoms with Crippen molar-refractivity contribution in [1.82, 2.24) is 4.90 Å². The Hall–Kier alpha value is -1.13. The summed E-state index contributed by atoms with van der Waals surface area (Å²) in [4.78, 5) is 2.26. The average Bonchev–Trinajstić information content (AvgIpc) is 2.34. The molecule has 1 N–H and O–H groups in total. The topological polar surface area (TPSA) is 32.7 Å². The summed E-state index contributed by atoms with van der Waals surface area (Å²) in [7, 11) is 1.47. The van der Waals surface area contributed by atoms with Crippen molar-refractivity contribution in [3.05, 3.63) is 29.6 Å². The molecule has 112 valence electrons. The van der Waals surface area contributed by atoms with E-state index in [1.807, 2.05) is 13.0 Å². The molecule has 0 aliphatic carbocycles. The zero-order valence-electron chi connectivity index (χ0n) is 12.7. The molecule has 1 heterocycles. The van der Waals surface area contributed by atoms with Crippen LogP contribution in [0.4, 0.5) is 4.39 Å². The molecule has 0 aromatic heterocycles. The molecule has 0 bridgehead atoms. The smallest absolute Gasteiger partial charge is 0.165 e. The number of likely N-dealkylation sites (tertiary alicyclic amines) is 1. The minimum absolute atomic E-state index is 0.170. The van der Waals surface area contributed by atoms with Crippen LogP contribution in [0.25, 0.3) is 0 Å². The second-order valence-corrected chi connectivity index (χ2v) is 6.59. The summed E-state index contributed by atoms with van der Waals surface area (Å²) in [5.74, 6) is -0.0519. The van der Waals surface area contributed by atoms with Crippen LogP contribution >= 0.6 is 0 Å². The molecule has 1 aromatic carbocycles. The van der Waals surface area contributed by atoms with Gasteiger partial charge in [-0.2, -0.15) is 0 Å². The third-order valence-electron chi connectivity index (χ3n) is 4.61. The molecule has 3 nitrogen and oxygen atoms in total. The minimum atomic E-state index is -0.644. The standard InChI is InChI=1S/C16H24FNO2/c1-15(2)11-18(8-7-16(15,3)19)10-12-5-6-14(20-4)13(17)9-12/h5-6,9,19H,7-8,10-11H2,1-4H3/t16-/m1/s1. The fourth-order valence-electron chi connectivity index (χ4n) is 2.72. The maximum atomic E-state index is 13.7. The number of halogens is 1. The third kappa shape index (κ3) is 2.96. The number of nitrogens with zero attached hydrogens (tertiary/aromatic N) is 1. The quantitative estimate of drug-likeness (QED) is 0.924. The zero-order valence-corrected chi connectivity index (χ0v) is 12.7. The van der Waals surface area contributed by atoms with Crippen LogP contribution in [0.2, 0.25) is 0 Å². The Morgan fingerprint density at radius 3 is 2.60 bits per heavy atom. The van der Waals surface area contributed by atoms with E-state index in [1.165, 1.54) is 13.2 Å². The number of hydrogen-bond donors (Lipinski definition) is 1. The summed E-state index contributed by atoms with van der Waals surface area (Å²) >= 11 is 0. The molecule has 1 saturated heterocycles. The molecule has 0 amide bonds. The molecule has 1 aliphatic heterocycles.